The molecule has 0 radical (unpaired) electrons. The number of ether oxygens (including phenoxy) is 2. The lowest BCUT2D eigenvalue weighted by molar-refractivity contribution is 0.417. The van der Waals surface area contributed by atoms with E-state index in [1.807, 2.05) is 36.4 Å². The Hall–Kier alpha value is -2.51. The van der Waals surface area contributed by atoms with Crippen molar-refractivity contribution in [2.75, 3.05) is 14.2 Å². The smallest absolute Gasteiger partial charge is 0.127 e. The summed E-state index contributed by atoms with van der Waals surface area (Å²) in [5.41, 5.74) is 2.35. The van der Waals surface area contributed by atoms with Gasteiger partial charge in [0.2, 0.25) is 0 Å². The van der Waals surface area contributed by atoms with Crippen LogP contribution < -0.4 is 25.4 Å². The number of aryl methyl sites for hydroxylation is 1. The van der Waals surface area contributed by atoms with Crippen LogP contribution in [0.15, 0.2) is 60.7 Å². The van der Waals surface area contributed by atoms with Gasteiger partial charge in [0, 0.05) is 15.9 Å². The predicted octanol–water partition coefficient (Wildman–Crippen LogP) is 6.41. The Balaban J connectivity index is 2.32. The standard InChI is InChI=1S/C29H37O3P/c1-6-8-14-22-19-23(21(3)13-7-2)29(30)28(20-22)33(26-17-11-9-15-24(26)31-4)27-18-12-10-16-25(27)32-5/h9-12,15-21,30H,6-8,13-14H2,1-5H3. The lowest BCUT2D eigenvalue weighted by atomic mass is 9.93. The van der Waals surface area contributed by atoms with E-state index >= 15 is 0 Å². The van der Waals surface area contributed by atoms with Gasteiger partial charge in [-0.05, 0) is 62.4 Å². The zero-order valence-corrected chi connectivity index (χ0v) is 21.5. The molecule has 0 aliphatic heterocycles. The Kier molecular flexibility index (Phi) is 9.21. The van der Waals surface area contributed by atoms with Crippen LogP contribution >= 0.6 is 7.92 Å². The molecule has 33 heavy (non-hydrogen) atoms. The molecule has 1 N–H and O–H groups in total. The summed E-state index contributed by atoms with van der Waals surface area (Å²) in [6.45, 7) is 6.64. The van der Waals surface area contributed by atoms with Crippen molar-refractivity contribution in [1.29, 1.82) is 0 Å². The highest BCUT2D eigenvalue weighted by Gasteiger charge is 2.28. The lowest BCUT2D eigenvalue weighted by Gasteiger charge is -2.26. The van der Waals surface area contributed by atoms with Crippen LogP contribution in [-0.4, -0.2) is 19.3 Å². The van der Waals surface area contributed by atoms with Gasteiger partial charge in [-0.1, -0.05) is 76.1 Å². The molecule has 4 heteroatoms. The van der Waals surface area contributed by atoms with Crippen molar-refractivity contribution >= 4 is 23.8 Å². The maximum absolute atomic E-state index is 11.7. The highest BCUT2D eigenvalue weighted by atomic mass is 31.1. The minimum atomic E-state index is -1.10. The summed E-state index contributed by atoms with van der Waals surface area (Å²) in [5.74, 6) is 2.37. The number of hydrogen-bond acceptors (Lipinski definition) is 3. The summed E-state index contributed by atoms with van der Waals surface area (Å²) in [5, 5.41) is 14.8. The number of phenols is 1. The summed E-state index contributed by atoms with van der Waals surface area (Å²) in [6.07, 6.45) is 5.42. The van der Waals surface area contributed by atoms with E-state index in [1.54, 1.807) is 14.2 Å². The van der Waals surface area contributed by atoms with Gasteiger partial charge < -0.3 is 14.6 Å². The van der Waals surface area contributed by atoms with Crippen LogP contribution in [0.25, 0.3) is 0 Å². The molecule has 3 rings (SSSR count). The first-order valence-corrected chi connectivity index (χ1v) is 13.3. The molecule has 3 aromatic rings. The number of benzene rings is 3. The maximum atomic E-state index is 11.7. The van der Waals surface area contributed by atoms with Crippen LogP contribution in [0.4, 0.5) is 0 Å². The van der Waals surface area contributed by atoms with Crippen LogP contribution in [0.5, 0.6) is 17.2 Å². The Labute approximate surface area is 200 Å². The molecular weight excluding hydrogens is 427 g/mol. The van der Waals surface area contributed by atoms with Gasteiger partial charge in [-0.25, -0.2) is 0 Å². The first-order chi connectivity index (χ1) is 16.0. The van der Waals surface area contributed by atoms with E-state index < -0.39 is 7.92 Å². The van der Waals surface area contributed by atoms with E-state index in [1.165, 1.54) is 5.56 Å². The number of rotatable bonds is 11. The quantitative estimate of drug-likeness (QED) is 0.333. The van der Waals surface area contributed by atoms with E-state index in [9.17, 15) is 5.11 Å². The van der Waals surface area contributed by atoms with E-state index in [2.05, 4.69) is 45.0 Å². The minimum Gasteiger partial charge on any atom is -0.507 e. The summed E-state index contributed by atoms with van der Waals surface area (Å²) in [4.78, 5) is 0. The number of hydrogen-bond donors (Lipinski definition) is 1. The highest BCUT2D eigenvalue weighted by molar-refractivity contribution is 7.80. The molecule has 0 saturated carbocycles. The SMILES string of the molecule is CCCCc1cc(C(C)CCC)c(O)c(P(c2ccccc2OC)c2ccccc2OC)c1. The van der Waals surface area contributed by atoms with Crippen LogP contribution in [-0.2, 0) is 6.42 Å². The third kappa shape index (κ3) is 5.71. The average Bonchev–Trinajstić information content (AvgIpc) is 2.85. The second-order valence-electron chi connectivity index (χ2n) is 8.53. The molecule has 0 saturated heterocycles. The molecular formula is C29H37O3P. The Morgan fingerprint density at radius 3 is 1.91 bits per heavy atom. The fourth-order valence-electron chi connectivity index (χ4n) is 4.38. The van der Waals surface area contributed by atoms with E-state index in [-0.39, 0.29) is 0 Å². The summed E-state index contributed by atoms with van der Waals surface area (Å²) >= 11 is 0. The molecule has 3 nitrogen and oxygen atoms in total. The molecule has 0 heterocycles. The molecule has 1 atom stereocenters. The van der Waals surface area contributed by atoms with Crippen molar-refractivity contribution in [1.82, 2.24) is 0 Å². The van der Waals surface area contributed by atoms with Gasteiger partial charge in [-0.3, -0.25) is 0 Å². The van der Waals surface area contributed by atoms with Crippen molar-refractivity contribution in [3.05, 3.63) is 71.8 Å². The van der Waals surface area contributed by atoms with Crippen molar-refractivity contribution in [3.63, 3.8) is 0 Å². The number of para-hydroxylation sites is 2. The largest absolute Gasteiger partial charge is 0.507 e. The van der Waals surface area contributed by atoms with Crippen molar-refractivity contribution < 1.29 is 14.6 Å². The van der Waals surface area contributed by atoms with Crippen molar-refractivity contribution in [2.45, 2.75) is 58.8 Å². The van der Waals surface area contributed by atoms with Gasteiger partial charge in [-0.15, -0.1) is 0 Å². The van der Waals surface area contributed by atoms with Gasteiger partial charge in [0.1, 0.15) is 17.2 Å². The predicted molar refractivity (Wildman–Crippen MR) is 142 cm³/mol. The molecule has 0 aliphatic carbocycles. The van der Waals surface area contributed by atoms with Gasteiger partial charge in [0.05, 0.1) is 14.2 Å². The zero-order chi connectivity index (χ0) is 23.8. The number of phenolic OH excluding ortho intramolecular Hbond substituents is 1. The molecule has 0 amide bonds. The highest BCUT2D eigenvalue weighted by Crippen LogP contribution is 2.44. The lowest BCUT2D eigenvalue weighted by Crippen LogP contribution is -2.24. The van der Waals surface area contributed by atoms with Crippen LogP contribution in [0, 0.1) is 0 Å². The van der Waals surface area contributed by atoms with Crippen molar-refractivity contribution in [2.24, 2.45) is 0 Å². The molecule has 1 unspecified atom stereocenters. The third-order valence-corrected chi connectivity index (χ3v) is 8.67. The fraction of sp³-hybridized carbons (Fsp3) is 0.379. The fourth-order valence-corrected chi connectivity index (χ4v) is 7.04. The van der Waals surface area contributed by atoms with Crippen LogP contribution in [0.1, 0.15) is 63.5 Å². The third-order valence-electron chi connectivity index (χ3n) is 6.14. The van der Waals surface area contributed by atoms with Gasteiger partial charge in [0.15, 0.2) is 0 Å². The second-order valence-corrected chi connectivity index (χ2v) is 10.6. The minimum absolute atomic E-state index is 0.294. The summed E-state index contributed by atoms with van der Waals surface area (Å²) in [6, 6.07) is 20.7. The summed E-state index contributed by atoms with van der Waals surface area (Å²) in [7, 11) is 2.32. The van der Waals surface area contributed by atoms with E-state index in [0.29, 0.717) is 11.7 Å². The normalized spacial score (nSPS) is 12.1. The van der Waals surface area contributed by atoms with Gasteiger partial charge >= 0.3 is 0 Å². The second kappa shape index (κ2) is 12.1. The molecule has 0 spiro atoms. The Morgan fingerprint density at radius 2 is 1.39 bits per heavy atom. The Morgan fingerprint density at radius 1 is 0.818 bits per heavy atom. The van der Waals surface area contributed by atoms with Crippen LogP contribution in [0.3, 0.4) is 0 Å². The molecule has 176 valence electrons. The van der Waals surface area contributed by atoms with Crippen molar-refractivity contribution in [3.8, 4) is 17.2 Å². The molecule has 3 aromatic carbocycles. The number of methoxy groups -OCH3 is 2. The number of unbranched alkanes of at least 4 members (excludes halogenated alkanes) is 1. The maximum Gasteiger partial charge on any atom is 0.127 e. The Bertz CT molecular complexity index is 999. The van der Waals surface area contributed by atoms with E-state index in [0.717, 1.165) is 65.1 Å². The van der Waals surface area contributed by atoms with E-state index in [4.69, 9.17) is 9.47 Å². The monoisotopic (exact) mass is 464 g/mol. The zero-order valence-electron chi connectivity index (χ0n) is 20.6. The van der Waals surface area contributed by atoms with Crippen LogP contribution in [0.2, 0.25) is 0 Å². The number of aromatic hydroxyl groups is 1. The molecule has 0 bridgehead atoms. The molecule has 0 aliphatic rings. The first-order valence-electron chi connectivity index (χ1n) is 12.0. The van der Waals surface area contributed by atoms with Gasteiger partial charge in [-0.2, -0.15) is 0 Å². The van der Waals surface area contributed by atoms with Gasteiger partial charge in [0.25, 0.3) is 0 Å². The first kappa shape index (κ1) is 25.1. The topological polar surface area (TPSA) is 38.7 Å². The molecule has 0 aromatic heterocycles. The summed E-state index contributed by atoms with van der Waals surface area (Å²) < 4.78 is 11.6. The average molecular weight is 465 g/mol. The molecule has 0 fully saturated rings.